The van der Waals surface area contributed by atoms with E-state index in [4.69, 9.17) is 10.7 Å². The standard InChI is InChI=1S/C8H9ClN2O3S/c1-11(2)7-6(5-12)3-4-10-8(7)15(9,13)14/h3-4,7H,1-2H3. The maximum atomic E-state index is 11.2. The van der Waals surface area contributed by atoms with E-state index in [1.54, 1.807) is 20.0 Å². The lowest BCUT2D eigenvalue weighted by atomic mass is 10.1. The molecule has 0 radical (unpaired) electrons. The first kappa shape index (κ1) is 12.1. The second kappa shape index (κ2) is 4.28. The maximum absolute atomic E-state index is 11.2. The zero-order chi connectivity index (χ0) is 11.6. The Morgan fingerprint density at radius 2 is 2.13 bits per heavy atom. The lowest BCUT2D eigenvalue weighted by Gasteiger charge is -2.24. The molecule has 0 aromatic heterocycles. The van der Waals surface area contributed by atoms with Crippen molar-refractivity contribution in [2.45, 2.75) is 6.04 Å². The van der Waals surface area contributed by atoms with E-state index in [1.165, 1.54) is 17.2 Å². The van der Waals surface area contributed by atoms with Gasteiger partial charge in [0.2, 0.25) is 0 Å². The Balaban J connectivity index is 3.33. The topological polar surface area (TPSA) is 66.8 Å². The van der Waals surface area contributed by atoms with E-state index in [0.29, 0.717) is 0 Å². The first-order valence-electron chi connectivity index (χ1n) is 3.98. The van der Waals surface area contributed by atoms with Crippen molar-refractivity contribution in [1.29, 1.82) is 0 Å². The van der Waals surface area contributed by atoms with Crippen LogP contribution in [-0.4, -0.2) is 44.4 Å². The summed E-state index contributed by atoms with van der Waals surface area (Å²) in [5, 5.41) is -0.255. The molecule has 0 aliphatic carbocycles. The predicted molar refractivity (Wildman–Crippen MR) is 58.0 cm³/mol. The summed E-state index contributed by atoms with van der Waals surface area (Å²) in [6, 6.07) is -0.769. The summed E-state index contributed by atoms with van der Waals surface area (Å²) in [6.45, 7) is 0. The van der Waals surface area contributed by atoms with Crippen LogP contribution in [0.3, 0.4) is 0 Å². The van der Waals surface area contributed by atoms with Crippen molar-refractivity contribution >= 4 is 30.7 Å². The fraction of sp³-hybridized carbons (Fsp3) is 0.375. The van der Waals surface area contributed by atoms with Gasteiger partial charge >= 0.3 is 0 Å². The summed E-state index contributed by atoms with van der Waals surface area (Å²) in [5.74, 6) is 1.67. The second-order valence-corrected chi connectivity index (χ2v) is 5.66. The minimum Gasteiger partial charge on any atom is -0.296 e. The molecule has 1 rings (SSSR count). The van der Waals surface area contributed by atoms with Crippen LogP contribution in [0.2, 0.25) is 0 Å². The molecule has 0 aromatic carbocycles. The number of aliphatic imine (C=N–C) groups is 1. The molecule has 0 saturated heterocycles. The average Bonchev–Trinajstić information content (AvgIpc) is 2.15. The third-order valence-corrected chi connectivity index (χ3v) is 3.17. The zero-order valence-electron chi connectivity index (χ0n) is 8.14. The van der Waals surface area contributed by atoms with Gasteiger partial charge in [0.25, 0.3) is 9.05 Å². The average molecular weight is 249 g/mol. The minimum atomic E-state index is -3.93. The fourth-order valence-corrected chi connectivity index (χ4v) is 2.43. The van der Waals surface area contributed by atoms with Crippen LogP contribution in [0, 0.1) is 0 Å². The van der Waals surface area contributed by atoms with E-state index in [2.05, 4.69) is 4.99 Å². The lowest BCUT2D eigenvalue weighted by molar-refractivity contribution is 0.400. The molecular formula is C8H9ClN2O3S. The van der Waals surface area contributed by atoms with Crippen molar-refractivity contribution in [1.82, 2.24) is 4.90 Å². The lowest BCUT2D eigenvalue weighted by Crippen LogP contribution is -2.41. The highest BCUT2D eigenvalue weighted by molar-refractivity contribution is 8.25. The van der Waals surface area contributed by atoms with Gasteiger partial charge < -0.3 is 0 Å². The molecule has 15 heavy (non-hydrogen) atoms. The van der Waals surface area contributed by atoms with E-state index >= 15 is 0 Å². The molecule has 1 unspecified atom stereocenters. The molecule has 0 spiro atoms. The van der Waals surface area contributed by atoms with Gasteiger partial charge in [0.1, 0.15) is 12.0 Å². The summed E-state index contributed by atoms with van der Waals surface area (Å²) in [5.41, 5.74) is 0.189. The van der Waals surface area contributed by atoms with Crippen LogP contribution in [0.1, 0.15) is 0 Å². The highest BCUT2D eigenvalue weighted by Crippen LogP contribution is 2.19. The molecule has 1 aliphatic heterocycles. The summed E-state index contributed by atoms with van der Waals surface area (Å²) < 4.78 is 22.4. The number of halogens is 1. The van der Waals surface area contributed by atoms with E-state index < -0.39 is 15.1 Å². The fourth-order valence-electron chi connectivity index (χ4n) is 1.27. The maximum Gasteiger partial charge on any atom is 0.276 e. The molecule has 0 fully saturated rings. The molecule has 7 heteroatoms. The van der Waals surface area contributed by atoms with Crippen molar-refractivity contribution in [3.8, 4) is 0 Å². The van der Waals surface area contributed by atoms with Crippen molar-refractivity contribution in [2.75, 3.05) is 14.1 Å². The molecular weight excluding hydrogens is 240 g/mol. The molecule has 0 N–H and O–H groups in total. The summed E-state index contributed by atoms with van der Waals surface area (Å²) in [7, 11) is 4.52. The van der Waals surface area contributed by atoms with Gasteiger partial charge in [0.05, 0.1) is 5.57 Å². The van der Waals surface area contributed by atoms with Crippen LogP contribution in [0.25, 0.3) is 0 Å². The highest BCUT2D eigenvalue weighted by Gasteiger charge is 2.32. The van der Waals surface area contributed by atoms with Crippen LogP contribution >= 0.6 is 10.7 Å². The van der Waals surface area contributed by atoms with E-state index in [0.717, 1.165) is 0 Å². The molecule has 0 amide bonds. The first-order valence-corrected chi connectivity index (χ1v) is 6.29. The molecule has 5 nitrogen and oxygen atoms in total. The van der Waals surface area contributed by atoms with Gasteiger partial charge in [-0.1, -0.05) is 0 Å². The van der Waals surface area contributed by atoms with Gasteiger partial charge in [-0.3, -0.25) is 4.90 Å². The molecule has 0 saturated carbocycles. The number of likely N-dealkylation sites (N-methyl/N-ethyl adjacent to an activating group) is 1. The highest BCUT2D eigenvalue weighted by atomic mass is 35.7. The SMILES string of the molecule is CN(C)C1C(=C=O)C=CN=C1S(=O)(=O)Cl. The molecule has 1 heterocycles. The van der Waals surface area contributed by atoms with Crippen LogP contribution < -0.4 is 0 Å². The van der Waals surface area contributed by atoms with Crippen LogP contribution in [0.4, 0.5) is 0 Å². The summed E-state index contributed by atoms with van der Waals surface area (Å²) in [4.78, 5) is 15.8. The monoisotopic (exact) mass is 248 g/mol. The third kappa shape index (κ3) is 2.54. The van der Waals surface area contributed by atoms with Crippen LogP contribution in [0.5, 0.6) is 0 Å². The predicted octanol–water partition coefficient (Wildman–Crippen LogP) is 0.169. The van der Waals surface area contributed by atoms with Crippen molar-refractivity contribution in [2.24, 2.45) is 4.99 Å². The number of carbonyl (C=O) groups excluding carboxylic acids is 1. The van der Waals surface area contributed by atoms with Gasteiger partial charge in [0, 0.05) is 16.9 Å². The quantitative estimate of drug-likeness (QED) is 0.490. The number of rotatable bonds is 1. The molecule has 0 bridgehead atoms. The van der Waals surface area contributed by atoms with E-state index in [-0.39, 0.29) is 10.6 Å². The third-order valence-electron chi connectivity index (χ3n) is 1.87. The molecule has 1 aliphatic rings. The van der Waals surface area contributed by atoms with Gasteiger partial charge in [-0.05, 0) is 20.2 Å². The van der Waals surface area contributed by atoms with Crippen LogP contribution in [0.15, 0.2) is 22.8 Å². The molecule has 1 atom stereocenters. The van der Waals surface area contributed by atoms with Gasteiger partial charge in [-0.2, -0.15) is 0 Å². The van der Waals surface area contributed by atoms with Gasteiger partial charge in [-0.25, -0.2) is 18.2 Å². The number of nitrogens with zero attached hydrogens (tertiary/aromatic N) is 2. The van der Waals surface area contributed by atoms with Crippen LogP contribution in [-0.2, 0) is 13.8 Å². The van der Waals surface area contributed by atoms with Crippen molar-refractivity contribution in [3.63, 3.8) is 0 Å². The van der Waals surface area contributed by atoms with Crippen molar-refractivity contribution < 1.29 is 13.2 Å². The Morgan fingerprint density at radius 3 is 2.53 bits per heavy atom. The van der Waals surface area contributed by atoms with Gasteiger partial charge in [-0.15, -0.1) is 0 Å². The first-order chi connectivity index (χ1) is 6.88. The number of hydrogen-bond donors (Lipinski definition) is 0. The second-order valence-electron chi connectivity index (χ2n) is 3.14. The van der Waals surface area contributed by atoms with Crippen molar-refractivity contribution in [3.05, 3.63) is 17.8 Å². The molecule has 82 valence electrons. The Labute approximate surface area is 92.2 Å². The Morgan fingerprint density at radius 1 is 1.53 bits per heavy atom. The van der Waals surface area contributed by atoms with Gasteiger partial charge in [0.15, 0.2) is 5.04 Å². The normalized spacial score (nSPS) is 21.5. The number of hydrogen-bond acceptors (Lipinski definition) is 5. The smallest absolute Gasteiger partial charge is 0.276 e. The largest absolute Gasteiger partial charge is 0.296 e. The Hall–Kier alpha value is -0.940. The van der Waals surface area contributed by atoms with E-state index in [1.807, 2.05) is 0 Å². The van der Waals surface area contributed by atoms with E-state index in [9.17, 15) is 13.2 Å². The molecule has 0 aromatic rings. The summed E-state index contributed by atoms with van der Waals surface area (Å²) in [6.07, 6.45) is 2.62. The summed E-state index contributed by atoms with van der Waals surface area (Å²) >= 11 is 0. The Bertz CT molecular complexity index is 472. The Kier molecular flexibility index (Phi) is 3.46. The minimum absolute atomic E-state index is 0.189. The zero-order valence-corrected chi connectivity index (χ0v) is 9.71.